The van der Waals surface area contributed by atoms with Crippen molar-refractivity contribution in [3.63, 3.8) is 0 Å². The van der Waals surface area contributed by atoms with Gasteiger partial charge in [0.15, 0.2) is 6.61 Å². The molecular formula is C26H22ClN3O3. The Morgan fingerprint density at radius 3 is 2.36 bits per heavy atom. The average molecular weight is 460 g/mol. The molecule has 0 radical (unpaired) electrons. The average Bonchev–Trinajstić information content (AvgIpc) is 2.81. The number of nitrogens with one attached hydrogen (secondary N) is 2. The highest BCUT2D eigenvalue weighted by Gasteiger charge is 2.10. The molecule has 0 aromatic heterocycles. The van der Waals surface area contributed by atoms with Gasteiger partial charge in [-0.3, -0.25) is 9.59 Å². The fourth-order valence-electron chi connectivity index (χ4n) is 2.93. The largest absolute Gasteiger partial charge is 0.484 e. The first kappa shape index (κ1) is 23.6. The Balaban J connectivity index is 1.58. The Hall–Kier alpha value is -4.08. The van der Waals surface area contributed by atoms with Crippen molar-refractivity contribution in [3.05, 3.63) is 94.0 Å². The van der Waals surface area contributed by atoms with Crippen molar-refractivity contribution in [2.24, 2.45) is 0 Å². The lowest BCUT2D eigenvalue weighted by Crippen LogP contribution is -2.20. The molecule has 0 heterocycles. The second-order valence-corrected chi connectivity index (χ2v) is 7.72. The zero-order chi connectivity index (χ0) is 23.8. The predicted octanol–water partition coefficient (Wildman–Crippen LogP) is 5.52. The van der Waals surface area contributed by atoms with E-state index in [0.717, 1.165) is 16.8 Å². The van der Waals surface area contributed by atoms with Crippen molar-refractivity contribution >= 4 is 40.9 Å². The minimum atomic E-state index is -0.525. The number of aryl methyl sites for hydroxylation is 1. The van der Waals surface area contributed by atoms with Crippen LogP contribution in [0, 0.1) is 25.2 Å². The van der Waals surface area contributed by atoms with E-state index in [1.165, 1.54) is 6.08 Å². The van der Waals surface area contributed by atoms with Gasteiger partial charge in [0.2, 0.25) is 0 Å². The monoisotopic (exact) mass is 459 g/mol. The molecule has 0 fully saturated rings. The van der Waals surface area contributed by atoms with Crippen molar-refractivity contribution in [1.29, 1.82) is 5.26 Å². The number of nitrogens with zero attached hydrogens (tertiary/aromatic N) is 1. The topological polar surface area (TPSA) is 91.2 Å². The van der Waals surface area contributed by atoms with E-state index in [9.17, 15) is 14.9 Å². The molecule has 0 spiro atoms. The molecule has 3 aromatic rings. The van der Waals surface area contributed by atoms with Gasteiger partial charge in [-0.1, -0.05) is 35.9 Å². The van der Waals surface area contributed by atoms with Crippen LogP contribution in [0.3, 0.4) is 0 Å². The Labute approximate surface area is 197 Å². The van der Waals surface area contributed by atoms with E-state index in [1.54, 1.807) is 48.5 Å². The smallest absolute Gasteiger partial charge is 0.266 e. The Bertz CT molecular complexity index is 1230. The molecule has 2 N–H and O–H groups in total. The molecule has 7 heteroatoms. The summed E-state index contributed by atoms with van der Waals surface area (Å²) in [4.78, 5) is 24.6. The first-order valence-electron chi connectivity index (χ1n) is 10.1. The van der Waals surface area contributed by atoms with E-state index >= 15 is 0 Å². The third-order valence-electron chi connectivity index (χ3n) is 4.91. The number of hydrogen-bond donors (Lipinski definition) is 2. The Morgan fingerprint density at radius 2 is 1.70 bits per heavy atom. The van der Waals surface area contributed by atoms with Crippen LogP contribution in [-0.2, 0) is 9.59 Å². The molecule has 3 aromatic carbocycles. The van der Waals surface area contributed by atoms with Gasteiger partial charge in [0.25, 0.3) is 11.8 Å². The number of hydrogen-bond acceptors (Lipinski definition) is 4. The SMILES string of the molecule is Cc1cccc(NC(=O)COc2ccc(/C=C(/C#N)C(=O)Nc3ccc(Cl)cc3)cc2)c1C. The third kappa shape index (κ3) is 6.70. The quantitative estimate of drug-likeness (QED) is 0.359. The highest BCUT2D eigenvalue weighted by Crippen LogP contribution is 2.19. The van der Waals surface area contributed by atoms with Crippen LogP contribution in [0.5, 0.6) is 5.75 Å². The first-order valence-corrected chi connectivity index (χ1v) is 10.5. The molecule has 166 valence electrons. The minimum Gasteiger partial charge on any atom is -0.484 e. The normalized spacial score (nSPS) is 10.8. The van der Waals surface area contributed by atoms with Crippen LogP contribution in [0.2, 0.25) is 5.02 Å². The van der Waals surface area contributed by atoms with E-state index in [1.807, 2.05) is 38.1 Å². The fraction of sp³-hybridized carbons (Fsp3) is 0.115. The predicted molar refractivity (Wildman–Crippen MR) is 130 cm³/mol. The maximum absolute atomic E-state index is 12.4. The van der Waals surface area contributed by atoms with Gasteiger partial charge in [0.1, 0.15) is 17.4 Å². The lowest BCUT2D eigenvalue weighted by molar-refractivity contribution is -0.118. The number of ether oxygens (including phenoxy) is 1. The van der Waals surface area contributed by atoms with Crippen molar-refractivity contribution in [3.8, 4) is 11.8 Å². The van der Waals surface area contributed by atoms with Crippen LogP contribution >= 0.6 is 11.6 Å². The number of carbonyl (C=O) groups excluding carboxylic acids is 2. The number of nitriles is 1. The summed E-state index contributed by atoms with van der Waals surface area (Å²) in [5, 5.41) is 15.4. The van der Waals surface area contributed by atoms with Gasteiger partial charge in [-0.15, -0.1) is 0 Å². The molecule has 0 atom stereocenters. The van der Waals surface area contributed by atoms with Crippen molar-refractivity contribution < 1.29 is 14.3 Å². The summed E-state index contributed by atoms with van der Waals surface area (Å²) >= 11 is 5.84. The highest BCUT2D eigenvalue weighted by atomic mass is 35.5. The molecule has 0 bridgehead atoms. The number of halogens is 1. The first-order chi connectivity index (χ1) is 15.9. The van der Waals surface area contributed by atoms with Crippen LogP contribution in [0.4, 0.5) is 11.4 Å². The number of carbonyl (C=O) groups is 2. The van der Waals surface area contributed by atoms with Gasteiger partial charge in [-0.05, 0) is 79.1 Å². The molecule has 33 heavy (non-hydrogen) atoms. The summed E-state index contributed by atoms with van der Waals surface area (Å²) in [6.45, 7) is 3.79. The summed E-state index contributed by atoms with van der Waals surface area (Å²) in [6, 6.07) is 21.0. The van der Waals surface area contributed by atoms with Gasteiger partial charge < -0.3 is 15.4 Å². The second-order valence-electron chi connectivity index (χ2n) is 7.28. The summed E-state index contributed by atoms with van der Waals surface area (Å²) in [5.41, 5.74) is 3.99. The summed E-state index contributed by atoms with van der Waals surface area (Å²) in [6.07, 6.45) is 1.47. The maximum atomic E-state index is 12.4. The van der Waals surface area contributed by atoms with Gasteiger partial charge in [0.05, 0.1) is 0 Å². The zero-order valence-electron chi connectivity index (χ0n) is 18.2. The highest BCUT2D eigenvalue weighted by molar-refractivity contribution is 6.30. The Kier molecular flexibility index (Phi) is 7.85. The molecule has 3 rings (SSSR count). The van der Waals surface area contributed by atoms with Gasteiger partial charge in [-0.2, -0.15) is 5.26 Å². The van der Waals surface area contributed by atoms with Crippen molar-refractivity contribution in [2.75, 3.05) is 17.2 Å². The van der Waals surface area contributed by atoms with E-state index in [2.05, 4.69) is 10.6 Å². The molecule has 6 nitrogen and oxygen atoms in total. The fourth-order valence-corrected chi connectivity index (χ4v) is 3.05. The molecule has 2 amide bonds. The summed E-state index contributed by atoms with van der Waals surface area (Å²) in [5.74, 6) is -0.297. The lowest BCUT2D eigenvalue weighted by Gasteiger charge is -2.11. The van der Waals surface area contributed by atoms with E-state index in [0.29, 0.717) is 22.0 Å². The molecule has 0 aliphatic rings. The number of benzene rings is 3. The second kappa shape index (κ2) is 11.0. The molecule has 0 aliphatic heterocycles. The summed E-state index contributed by atoms with van der Waals surface area (Å²) in [7, 11) is 0. The molecular weight excluding hydrogens is 438 g/mol. The number of amides is 2. The number of anilines is 2. The summed E-state index contributed by atoms with van der Waals surface area (Å²) < 4.78 is 5.54. The maximum Gasteiger partial charge on any atom is 0.266 e. The van der Waals surface area contributed by atoms with E-state index in [-0.39, 0.29) is 18.1 Å². The molecule has 0 saturated heterocycles. The Morgan fingerprint density at radius 1 is 1.00 bits per heavy atom. The standard InChI is InChI=1S/C26H22ClN3O3/c1-17-4-3-5-24(18(17)2)30-25(31)16-33-23-12-6-19(7-13-23)14-20(15-28)26(32)29-22-10-8-21(27)9-11-22/h3-14H,16H2,1-2H3,(H,29,32)(H,30,31)/b20-14-. The number of rotatable bonds is 7. The van der Waals surface area contributed by atoms with Crippen LogP contribution in [0.15, 0.2) is 72.3 Å². The van der Waals surface area contributed by atoms with E-state index in [4.69, 9.17) is 16.3 Å². The van der Waals surface area contributed by atoms with Crippen molar-refractivity contribution in [1.82, 2.24) is 0 Å². The molecule has 0 saturated carbocycles. The van der Waals surface area contributed by atoms with Crippen LogP contribution in [-0.4, -0.2) is 18.4 Å². The van der Waals surface area contributed by atoms with Gasteiger partial charge >= 0.3 is 0 Å². The molecule has 0 aliphatic carbocycles. The van der Waals surface area contributed by atoms with Crippen molar-refractivity contribution in [2.45, 2.75) is 13.8 Å². The van der Waals surface area contributed by atoms with Gasteiger partial charge in [0, 0.05) is 16.4 Å². The lowest BCUT2D eigenvalue weighted by atomic mass is 10.1. The van der Waals surface area contributed by atoms with Crippen LogP contribution in [0.1, 0.15) is 16.7 Å². The van der Waals surface area contributed by atoms with Gasteiger partial charge in [-0.25, -0.2) is 0 Å². The third-order valence-corrected chi connectivity index (χ3v) is 5.16. The van der Waals surface area contributed by atoms with Crippen LogP contribution < -0.4 is 15.4 Å². The minimum absolute atomic E-state index is 0.0495. The zero-order valence-corrected chi connectivity index (χ0v) is 18.9. The van der Waals surface area contributed by atoms with Crippen LogP contribution in [0.25, 0.3) is 6.08 Å². The van der Waals surface area contributed by atoms with E-state index < -0.39 is 5.91 Å². The molecule has 0 unspecified atom stereocenters.